The number of urea groups is 1. The molecule has 1 heterocycles. The highest BCUT2D eigenvalue weighted by molar-refractivity contribution is 8.00. The molecule has 28 heavy (non-hydrogen) atoms. The first kappa shape index (κ1) is 19.3. The van der Waals surface area contributed by atoms with Crippen molar-refractivity contribution in [2.45, 2.75) is 9.79 Å². The van der Waals surface area contributed by atoms with Gasteiger partial charge in [0.05, 0.1) is 16.3 Å². The van der Waals surface area contributed by atoms with E-state index in [0.717, 1.165) is 5.69 Å². The van der Waals surface area contributed by atoms with Gasteiger partial charge in [-0.25, -0.2) is 4.79 Å². The fourth-order valence-corrected chi connectivity index (χ4v) is 4.06. The second-order valence-electron chi connectivity index (χ2n) is 5.74. The van der Waals surface area contributed by atoms with Crippen LogP contribution >= 0.6 is 11.8 Å². The summed E-state index contributed by atoms with van der Waals surface area (Å²) in [6.45, 7) is -0.571. The molecule has 1 aliphatic rings. The fourth-order valence-electron chi connectivity index (χ4n) is 2.85. The molecule has 2 aromatic carbocycles. The Kier molecular flexibility index (Phi) is 5.27. The van der Waals surface area contributed by atoms with Crippen LogP contribution in [-0.2, 0) is 4.79 Å². The van der Waals surface area contributed by atoms with E-state index in [-0.39, 0.29) is 5.69 Å². The van der Waals surface area contributed by atoms with Crippen molar-refractivity contribution in [1.29, 1.82) is 0 Å². The van der Waals surface area contributed by atoms with Crippen molar-refractivity contribution in [1.82, 2.24) is 5.32 Å². The van der Waals surface area contributed by atoms with E-state index in [0.29, 0.717) is 26.9 Å². The number of fused-ring (bicyclic) bond motifs is 2. The number of carbonyl (C=O) groups is 2. The third-order valence-corrected chi connectivity index (χ3v) is 5.25. The molecule has 0 bridgehead atoms. The zero-order valence-electron chi connectivity index (χ0n) is 15.0. The van der Waals surface area contributed by atoms with E-state index in [1.54, 1.807) is 38.4 Å². The summed E-state index contributed by atoms with van der Waals surface area (Å²) < 4.78 is 0. The van der Waals surface area contributed by atoms with Crippen LogP contribution in [-0.4, -0.2) is 42.7 Å². The molecule has 11 heteroatoms. The predicted molar refractivity (Wildman–Crippen MR) is 106 cm³/mol. The van der Waals surface area contributed by atoms with Crippen LogP contribution in [0.3, 0.4) is 0 Å². The average Bonchev–Trinajstić information content (AvgIpc) is 2.68. The second kappa shape index (κ2) is 7.64. The van der Waals surface area contributed by atoms with E-state index in [9.17, 15) is 19.7 Å². The van der Waals surface area contributed by atoms with Crippen molar-refractivity contribution >= 4 is 52.2 Å². The summed E-state index contributed by atoms with van der Waals surface area (Å²) in [4.78, 5) is 37.0. The van der Waals surface area contributed by atoms with Crippen molar-refractivity contribution in [2.75, 3.05) is 36.2 Å². The average molecular weight is 403 g/mol. The zero-order chi connectivity index (χ0) is 20.4. The Hall–Kier alpha value is -3.47. The van der Waals surface area contributed by atoms with E-state index in [2.05, 4.69) is 16.0 Å². The van der Waals surface area contributed by atoms with Gasteiger partial charge >= 0.3 is 17.7 Å². The van der Waals surface area contributed by atoms with E-state index in [1.165, 1.54) is 22.7 Å². The molecule has 0 saturated heterocycles. The molecule has 0 spiro atoms. The number of amides is 2. The Morgan fingerprint density at radius 2 is 1.89 bits per heavy atom. The third kappa shape index (κ3) is 3.39. The molecule has 1 aliphatic heterocycles. The number of carboxylic acids is 1. The Labute approximate surface area is 164 Å². The first-order valence-corrected chi connectivity index (χ1v) is 8.97. The number of aliphatic carboxylic acids is 1. The highest BCUT2D eigenvalue weighted by Gasteiger charge is 2.35. The zero-order valence-corrected chi connectivity index (χ0v) is 15.8. The minimum atomic E-state index is -1.19. The fraction of sp³-hybridized carbons (Fsp3) is 0.176. The summed E-state index contributed by atoms with van der Waals surface area (Å²) in [6, 6.07) is 7.66. The predicted octanol–water partition coefficient (Wildman–Crippen LogP) is 3.08. The normalized spacial score (nSPS) is 11.9. The van der Waals surface area contributed by atoms with Crippen molar-refractivity contribution in [3.8, 4) is 0 Å². The lowest BCUT2D eigenvalue weighted by Gasteiger charge is -2.31. The van der Waals surface area contributed by atoms with Crippen LogP contribution in [0.2, 0.25) is 0 Å². The molecule has 0 aliphatic carbocycles. The molecule has 0 aromatic heterocycles. The number of nitrogens with zero attached hydrogens (tertiary/aromatic N) is 2. The van der Waals surface area contributed by atoms with E-state index in [1.807, 2.05) is 0 Å². The Balaban J connectivity index is 2.20. The van der Waals surface area contributed by atoms with Crippen LogP contribution in [0.25, 0.3) is 0 Å². The van der Waals surface area contributed by atoms with Crippen molar-refractivity contribution in [3.05, 3.63) is 40.4 Å². The van der Waals surface area contributed by atoms with E-state index >= 15 is 0 Å². The molecule has 0 atom stereocenters. The minimum absolute atomic E-state index is 0.151. The number of anilines is 4. The van der Waals surface area contributed by atoms with Gasteiger partial charge in [-0.3, -0.25) is 19.8 Å². The molecular formula is C17H17N5O5S. The number of nitro benzene ring substituents is 1. The van der Waals surface area contributed by atoms with Crippen LogP contribution in [0.5, 0.6) is 0 Å². The lowest BCUT2D eigenvalue weighted by atomic mass is 10.2. The number of hydrogen-bond donors (Lipinski definition) is 4. The first-order chi connectivity index (χ1) is 13.4. The van der Waals surface area contributed by atoms with Gasteiger partial charge in [0.25, 0.3) is 0 Å². The van der Waals surface area contributed by atoms with Crippen molar-refractivity contribution in [3.63, 3.8) is 0 Å². The Morgan fingerprint density at radius 1 is 1.18 bits per heavy atom. The van der Waals surface area contributed by atoms with Crippen LogP contribution in [0.15, 0.2) is 40.1 Å². The van der Waals surface area contributed by atoms with E-state index in [4.69, 9.17) is 5.11 Å². The number of rotatable bonds is 5. The molecule has 0 unspecified atom stereocenters. The highest BCUT2D eigenvalue weighted by atomic mass is 32.2. The van der Waals surface area contributed by atoms with Gasteiger partial charge in [0, 0.05) is 24.7 Å². The van der Waals surface area contributed by atoms with Gasteiger partial charge in [0.15, 0.2) is 0 Å². The van der Waals surface area contributed by atoms with E-state index < -0.39 is 23.5 Å². The van der Waals surface area contributed by atoms with Gasteiger partial charge in [-0.15, -0.1) is 0 Å². The van der Waals surface area contributed by atoms with Gasteiger partial charge in [-0.1, -0.05) is 11.8 Å². The van der Waals surface area contributed by atoms with Gasteiger partial charge < -0.3 is 21.1 Å². The molecule has 0 radical (unpaired) electrons. The maximum atomic E-state index is 12.8. The summed E-state index contributed by atoms with van der Waals surface area (Å²) >= 11 is 1.18. The SMILES string of the molecule is CNc1ccc2c(c1)Sc1c(ccc(NC)c1[N+](=O)[O-])N2C(=O)NCC(=O)O. The number of nitrogens with one attached hydrogen (secondary N) is 3. The Bertz CT molecular complexity index is 981. The van der Waals surface area contributed by atoms with Crippen molar-refractivity contribution in [2.24, 2.45) is 0 Å². The molecule has 146 valence electrons. The lowest BCUT2D eigenvalue weighted by Crippen LogP contribution is -2.40. The molecular weight excluding hydrogens is 386 g/mol. The second-order valence-corrected chi connectivity index (χ2v) is 6.79. The molecule has 10 nitrogen and oxygen atoms in total. The first-order valence-electron chi connectivity index (χ1n) is 8.16. The summed E-state index contributed by atoms with van der Waals surface area (Å²) in [5.41, 5.74) is 1.75. The smallest absolute Gasteiger partial charge is 0.327 e. The summed E-state index contributed by atoms with van der Waals surface area (Å²) in [5.74, 6) is -1.19. The summed E-state index contributed by atoms with van der Waals surface area (Å²) in [6.07, 6.45) is 0. The van der Waals surface area contributed by atoms with Crippen LogP contribution in [0, 0.1) is 10.1 Å². The Morgan fingerprint density at radius 3 is 2.50 bits per heavy atom. The molecule has 0 saturated carbocycles. The monoisotopic (exact) mass is 403 g/mol. The third-order valence-electron chi connectivity index (χ3n) is 4.10. The number of hydrogen-bond acceptors (Lipinski definition) is 7. The molecule has 3 rings (SSSR count). The number of carbonyl (C=O) groups excluding carboxylic acids is 1. The quantitative estimate of drug-likeness (QED) is 0.442. The topological polar surface area (TPSA) is 137 Å². The van der Waals surface area contributed by atoms with Gasteiger partial charge in [0.1, 0.15) is 17.1 Å². The van der Waals surface area contributed by atoms with Crippen molar-refractivity contribution < 1.29 is 19.6 Å². The van der Waals surface area contributed by atoms with Crippen LogP contribution in [0.4, 0.5) is 33.2 Å². The van der Waals surface area contributed by atoms with Gasteiger partial charge in [-0.2, -0.15) is 0 Å². The number of nitro groups is 1. The van der Waals surface area contributed by atoms with Gasteiger partial charge in [0.2, 0.25) is 0 Å². The summed E-state index contributed by atoms with van der Waals surface area (Å²) in [5, 5.41) is 28.7. The largest absolute Gasteiger partial charge is 0.480 e. The number of carboxylic acid groups (broad SMARTS) is 1. The molecule has 2 amide bonds. The maximum Gasteiger partial charge on any atom is 0.327 e. The number of benzene rings is 2. The van der Waals surface area contributed by atoms with Crippen LogP contribution < -0.4 is 20.9 Å². The highest BCUT2D eigenvalue weighted by Crippen LogP contribution is 2.54. The molecule has 2 aromatic rings. The molecule has 4 N–H and O–H groups in total. The minimum Gasteiger partial charge on any atom is -0.480 e. The standard InChI is InChI=1S/C17H17N5O5S/c1-18-9-3-5-11-13(7-9)28-16-12(21(11)17(25)20-8-14(23)24)6-4-10(19-2)15(16)22(26)27/h3-7,18-19H,8H2,1-2H3,(H,20,25)(H,23,24). The summed E-state index contributed by atoms with van der Waals surface area (Å²) in [7, 11) is 3.31. The van der Waals surface area contributed by atoms with Crippen LogP contribution in [0.1, 0.15) is 0 Å². The maximum absolute atomic E-state index is 12.8. The van der Waals surface area contributed by atoms with Gasteiger partial charge in [-0.05, 0) is 30.3 Å². The molecule has 0 fully saturated rings. The lowest BCUT2D eigenvalue weighted by molar-refractivity contribution is -0.386.